The molecule has 0 aliphatic carbocycles. The van der Waals surface area contributed by atoms with Gasteiger partial charge < -0.3 is 10.6 Å². The first-order valence-corrected chi connectivity index (χ1v) is 7.10. The van der Waals surface area contributed by atoms with Crippen LogP contribution in [0.2, 0.25) is 0 Å². The topological polar surface area (TPSA) is 54.0 Å². The van der Waals surface area contributed by atoms with Crippen LogP contribution in [0.4, 0.5) is 10.1 Å². The Morgan fingerprint density at radius 3 is 2.36 bits per heavy atom. The fourth-order valence-electron chi connectivity index (χ4n) is 1.84. The third-order valence-corrected chi connectivity index (χ3v) is 2.89. The van der Waals surface area contributed by atoms with Crippen molar-refractivity contribution in [3.05, 3.63) is 59.7 Å². The number of carbonyl (C=O) groups excluding carboxylic acids is 1. The van der Waals surface area contributed by atoms with Crippen LogP contribution in [0.15, 0.2) is 42.6 Å². The van der Waals surface area contributed by atoms with E-state index >= 15 is 0 Å². The molecule has 0 spiro atoms. The molecule has 1 aromatic carbocycles. The van der Waals surface area contributed by atoms with Crippen LogP contribution >= 0.6 is 0 Å². The number of aromatic nitrogens is 1. The van der Waals surface area contributed by atoms with E-state index in [0.29, 0.717) is 12.2 Å². The normalized spacial score (nSPS) is 11.1. The number of carbonyl (C=O) groups is 1. The molecule has 0 aliphatic heterocycles. The van der Waals surface area contributed by atoms with Crippen molar-refractivity contribution in [3.8, 4) is 0 Å². The van der Waals surface area contributed by atoms with E-state index in [1.54, 1.807) is 30.5 Å². The van der Waals surface area contributed by atoms with Crippen LogP contribution in [0.5, 0.6) is 0 Å². The van der Waals surface area contributed by atoms with E-state index in [9.17, 15) is 9.18 Å². The molecule has 0 fully saturated rings. The number of amides is 1. The van der Waals surface area contributed by atoms with E-state index < -0.39 is 0 Å². The van der Waals surface area contributed by atoms with Gasteiger partial charge in [0.05, 0.1) is 11.9 Å². The summed E-state index contributed by atoms with van der Waals surface area (Å²) in [4.78, 5) is 16.1. The third kappa shape index (κ3) is 4.84. The number of pyridine rings is 1. The smallest absolute Gasteiger partial charge is 0.270 e. The van der Waals surface area contributed by atoms with Gasteiger partial charge in [-0.25, -0.2) is 9.37 Å². The quantitative estimate of drug-likeness (QED) is 0.910. The van der Waals surface area contributed by atoms with Crippen molar-refractivity contribution in [2.75, 3.05) is 5.32 Å². The van der Waals surface area contributed by atoms with E-state index in [-0.39, 0.29) is 17.3 Å². The molecule has 2 rings (SSSR count). The minimum atomic E-state index is -0.293. The molecular formula is C17H20FN3O. The van der Waals surface area contributed by atoms with Crippen LogP contribution in [0.25, 0.3) is 0 Å². The number of nitrogens with one attached hydrogen (secondary N) is 2. The van der Waals surface area contributed by atoms with Crippen LogP contribution in [0, 0.1) is 5.82 Å². The number of halogens is 1. The molecule has 1 heterocycles. The highest BCUT2D eigenvalue weighted by molar-refractivity contribution is 5.92. The van der Waals surface area contributed by atoms with Crippen LogP contribution in [0.3, 0.4) is 0 Å². The number of anilines is 1. The maximum absolute atomic E-state index is 12.8. The summed E-state index contributed by atoms with van der Waals surface area (Å²) in [5, 5.41) is 6.04. The van der Waals surface area contributed by atoms with E-state index in [1.807, 2.05) is 20.8 Å². The van der Waals surface area contributed by atoms with Crippen molar-refractivity contribution >= 4 is 11.6 Å². The zero-order valence-electron chi connectivity index (χ0n) is 13.0. The maximum Gasteiger partial charge on any atom is 0.270 e. The lowest BCUT2D eigenvalue weighted by atomic mass is 10.1. The van der Waals surface area contributed by atoms with E-state index in [4.69, 9.17) is 0 Å². The Labute approximate surface area is 129 Å². The van der Waals surface area contributed by atoms with Gasteiger partial charge in [-0.3, -0.25) is 4.79 Å². The first kappa shape index (κ1) is 15.9. The Morgan fingerprint density at radius 2 is 1.82 bits per heavy atom. The molecule has 22 heavy (non-hydrogen) atoms. The molecule has 1 amide bonds. The number of rotatable bonds is 4. The van der Waals surface area contributed by atoms with Crippen molar-refractivity contribution in [1.29, 1.82) is 0 Å². The SMILES string of the molecule is CC(C)(C)NC(=O)c1ccc(NCc2ccc(F)cc2)cn1. The summed E-state index contributed by atoms with van der Waals surface area (Å²) in [6.45, 7) is 6.33. The average Bonchev–Trinajstić information content (AvgIpc) is 2.45. The van der Waals surface area contributed by atoms with Gasteiger partial charge >= 0.3 is 0 Å². The standard InChI is InChI=1S/C17H20FN3O/c1-17(2,3)21-16(22)15-9-8-14(11-20-15)19-10-12-4-6-13(18)7-5-12/h4-9,11,19H,10H2,1-3H3,(H,21,22). The van der Waals surface area contributed by atoms with Crippen LogP contribution < -0.4 is 10.6 Å². The second-order valence-electron chi connectivity index (χ2n) is 6.12. The van der Waals surface area contributed by atoms with Crippen LogP contribution in [0.1, 0.15) is 36.8 Å². The first-order valence-electron chi connectivity index (χ1n) is 7.10. The van der Waals surface area contributed by atoms with E-state index in [2.05, 4.69) is 15.6 Å². The Kier molecular flexibility index (Phi) is 4.75. The van der Waals surface area contributed by atoms with Gasteiger partial charge in [-0.1, -0.05) is 12.1 Å². The first-order chi connectivity index (χ1) is 10.3. The van der Waals surface area contributed by atoms with Crippen molar-refractivity contribution in [1.82, 2.24) is 10.3 Å². The number of hydrogen-bond donors (Lipinski definition) is 2. The summed E-state index contributed by atoms with van der Waals surface area (Å²) in [7, 11) is 0. The predicted molar refractivity (Wildman–Crippen MR) is 85.2 cm³/mol. The Hall–Kier alpha value is -2.43. The minimum Gasteiger partial charge on any atom is -0.380 e. The fourth-order valence-corrected chi connectivity index (χ4v) is 1.84. The Balaban J connectivity index is 1.94. The van der Waals surface area contributed by atoms with Gasteiger partial charge in [0.25, 0.3) is 5.91 Å². The highest BCUT2D eigenvalue weighted by Crippen LogP contribution is 2.10. The van der Waals surface area contributed by atoms with E-state index in [0.717, 1.165) is 11.3 Å². The molecule has 0 aliphatic rings. The zero-order valence-corrected chi connectivity index (χ0v) is 13.0. The molecule has 0 bridgehead atoms. The van der Waals surface area contributed by atoms with Crippen molar-refractivity contribution < 1.29 is 9.18 Å². The highest BCUT2D eigenvalue weighted by Gasteiger charge is 2.15. The van der Waals surface area contributed by atoms with Gasteiger partial charge in [0.1, 0.15) is 11.5 Å². The van der Waals surface area contributed by atoms with Crippen molar-refractivity contribution in [2.45, 2.75) is 32.9 Å². The van der Waals surface area contributed by atoms with Crippen LogP contribution in [-0.2, 0) is 6.54 Å². The summed E-state index contributed by atoms with van der Waals surface area (Å²) in [6.07, 6.45) is 1.61. The molecule has 0 unspecified atom stereocenters. The largest absolute Gasteiger partial charge is 0.380 e. The Bertz CT molecular complexity index is 630. The molecule has 2 N–H and O–H groups in total. The molecule has 0 atom stereocenters. The van der Waals surface area contributed by atoms with Gasteiger partial charge in [-0.15, -0.1) is 0 Å². The lowest BCUT2D eigenvalue weighted by molar-refractivity contribution is 0.0914. The lowest BCUT2D eigenvalue weighted by Gasteiger charge is -2.20. The number of nitrogens with zero attached hydrogens (tertiary/aromatic N) is 1. The number of hydrogen-bond acceptors (Lipinski definition) is 3. The van der Waals surface area contributed by atoms with Crippen molar-refractivity contribution in [3.63, 3.8) is 0 Å². The van der Waals surface area contributed by atoms with Gasteiger partial charge in [0.2, 0.25) is 0 Å². The summed E-state index contributed by atoms with van der Waals surface area (Å²) >= 11 is 0. The van der Waals surface area contributed by atoms with Gasteiger partial charge in [0, 0.05) is 12.1 Å². The molecule has 5 heteroatoms. The molecule has 0 radical (unpaired) electrons. The fraction of sp³-hybridized carbons (Fsp3) is 0.294. The van der Waals surface area contributed by atoms with Gasteiger partial charge in [-0.05, 0) is 50.6 Å². The average molecular weight is 301 g/mol. The lowest BCUT2D eigenvalue weighted by Crippen LogP contribution is -2.40. The van der Waals surface area contributed by atoms with E-state index in [1.165, 1.54) is 12.1 Å². The van der Waals surface area contributed by atoms with Gasteiger partial charge in [0.15, 0.2) is 0 Å². The molecule has 116 valence electrons. The van der Waals surface area contributed by atoms with Crippen LogP contribution in [-0.4, -0.2) is 16.4 Å². The van der Waals surface area contributed by atoms with Gasteiger partial charge in [-0.2, -0.15) is 0 Å². The second kappa shape index (κ2) is 6.56. The molecule has 0 saturated carbocycles. The second-order valence-corrected chi connectivity index (χ2v) is 6.12. The highest BCUT2D eigenvalue weighted by atomic mass is 19.1. The molecular weight excluding hydrogens is 281 g/mol. The molecule has 4 nitrogen and oxygen atoms in total. The minimum absolute atomic E-state index is 0.197. The maximum atomic E-state index is 12.8. The molecule has 0 saturated heterocycles. The molecule has 2 aromatic rings. The molecule has 1 aromatic heterocycles. The summed E-state index contributed by atoms with van der Waals surface area (Å²) in [5.41, 5.74) is 1.85. The Morgan fingerprint density at radius 1 is 1.14 bits per heavy atom. The predicted octanol–water partition coefficient (Wildman–Crippen LogP) is 3.36. The summed E-state index contributed by atoms with van der Waals surface area (Å²) in [6, 6.07) is 9.77. The monoisotopic (exact) mass is 301 g/mol. The summed E-state index contributed by atoms with van der Waals surface area (Å²) < 4.78 is 12.8. The zero-order chi connectivity index (χ0) is 16.2. The number of benzene rings is 1. The summed E-state index contributed by atoms with van der Waals surface area (Å²) in [5.74, 6) is -0.447. The van der Waals surface area contributed by atoms with Crippen molar-refractivity contribution in [2.24, 2.45) is 0 Å². The third-order valence-electron chi connectivity index (χ3n) is 2.89.